The van der Waals surface area contributed by atoms with E-state index < -0.39 is 5.97 Å². The van der Waals surface area contributed by atoms with Crippen LogP contribution in [0.25, 0.3) is 0 Å². The maximum Gasteiger partial charge on any atom is 0.350 e. The van der Waals surface area contributed by atoms with E-state index in [2.05, 4.69) is 9.55 Å². The molecule has 2 aromatic heterocycles. The highest BCUT2D eigenvalue weighted by Crippen LogP contribution is 2.22. The Bertz CT molecular complexity index is 831. The van der Waals surface area contributed by atoms with Crippen LogP contribution in [-0.4, -0.2) is 40.6 Å². The third-order valence-corrected chi connectivity index (χ3v) is 5.76. The molecule has 1 atom stereocenters. The van der Waals surface area contributed by atoms with Crippen molar-refractivity contribution in [2.45, 2.75) is 53.2 Å². The number of esters is 1. The molecule has 3 rings (SSSR count). The molecule has 1 aliphatic heterocycles. The highest BCUT2D eigenvalue weighted by molar-refractivity contribution is 7.13. The Labute approximate surface area is 157 Å². The predicted molar refractivity (Wildman–Crippen MR) is 99.1 cm³/mol. The van der Waals surface area contributed by atoms with E-state index >= 15 is 0 Å². The van der Waals surface area contributed by atoms with E-state index in [0.29, 0.717) is 16.1 Å². The lowest BCUT2D eigenvalue weighted by Crippen LogP contribution is -2.18. The lowest BCUT2D eigenvalue weighted by Gasteiger charge is -2.14. The van der Waals surface area contributed by atoms with Crippen LogP contribution in [-0.2, 0) is 16.0 Å². The summed E-state index contributed by atoms with van der Waals surface area (Å²) >= 11 is 1.28. The number of ketones is 1. The van der Waals surface area contributed by atoms with E-state index in [0.717, 1.165) is 42.4 Å². The van der Waals surface area contributed by atoms with Crippen molar-refractivity contribution in [2.24, 2.45) is 0 Å². The molecule has 0 amide bonds. The fourth-order valence-electron chi connectivity index (χ4n) is 3.35. The Hall–Kier alpha value is -1.99. The Morgan fingerprint density at radius 3 is 2.73 bits per heavy atom. The molecule has 0 spiro atoms. The minimum absolute atomic E-state index is 0.191. The van der Waals surface area contributed by atoms with E-state index in [9.17, 15) is 9.59 Å². The van der Waals surface area contributed by atoms with Gasteiger partial charge in [0.2, 0.25) is 5.78 Å². The summed E-state index contributed by atoms with van der Waals surface area (Å²) in [7, 11) is 0. The van der Waals surface area contributed by atoms with Gasteiger partial charge in [0.1, 0.15) is 4.88 Å². The molecule has 1 fully saturated rings. The molecule has 1 saturated heterocycles. The number of carbonyl (C=O) groups excluding carboxylic acids is 2. The maximum atomic E-state index is 12.6. The Morgan fingerprint density at radius 2 is 2.12 bits per heavy atom. The summed E-state index contributed by atoms with van der Waals surface area (Å²) in [6.45, 7) is 8.80. The highest BCUT2D eigenvalue weighted by Gasteiger charge is 2.22. The van der Waals surface area contributed by atoms with Gasteiger partial charge in [0.15, 0.2) is 6.61 Å². The predicted octanol–water partition coefficient (Wildman–Crippen LogP) is 3.40. The Balaban J connectivity index is 1.66. The summed E-state index contributed by atoms with van der Waals surface area (Å²) in [4.78, 5) is 29.4. The van der Waals surface area contributed by atoms with Crippen LogP contribution < -0.4 is 0 Å². The molecule has 1 unspecified atom stereocenters. The van der Waals surface area contributed by atoms with Crippen molar-refractivity contribution in [3.8, 4) is 0 Å². The van der Waals surface area contributed by atoms with Crippen molar-refractivity contribution in [1.82, 2.24) is 9.55 Å². The van der Waals surface area contributed by atoms with E-state index in [-0.39, 0.29) is 18.5 Å². The second-order valence-corrected chi connectivity index (χ2v) is 7.88. The second kappa shape index (κ2) is 7.72. The quantitative estimate of drug-likeness (QED) is 0.571. The van der Waals surface area contributed by atoms with Gasteiger partial charge in [-0.2, -0.15) is 0 Å². The van der Waals surface area contributed by atoms with Crippen LogP contribution in [0.4, 0.5) is 0 Å². The van der Waals surface area contributed by atoms with Crippen LogP contribution >= 0.6 is 11.3 Å². The zero-order valence-corrected chi connectivity index (χ0v) is 16.4. The first kappa shape index (κ1) is 18.8. The number of hydrogen-bond acceptors (Lipinski definition) is 6. The van der Waals surface area contributed by atoms with E-state index in [4.69, 9.17) is 9.47 Å². The second-order valence-electron chi connectivity index (χ2n) is 6.68. The molecule has 26 heavy (non-hydrogen) atoms. The van der Waals surface area contributed by atoms with Gasteiger partial charge in [-0.05, 0) is 46.6 Å². The topological polar surface area (TPSA) is 70.4 Å². The molecule has 0 saturated carbocycles. The molecule has 2 aromatic rings. The normalized spacial score (nSPS) is 16.8. The van der Waals surface area contributed by atoms with Gasteiger partial charge in [0.05, 0.1) is 16.8 Å². The number of rotatable bonds is 6. The molecule has 0 radical (unpaired) electrons. The van der Waals surface area contributed by atoms with Crippen LogP contribution in [0.2, 0.25) is 0 Å². The number of aromatic nitrogens is 2. The Morgan fingerprint density at radius 1 is 1.35 bits per heavy atom. The molecule has 0 bridgehead atoms. The summed E-state index contributed by atoms with van der Waals surface area (Å²) in [5, 5.41) is 0.804. The van der Waals surface area contributed by atoms with Crippen LogP contribution in [0.1, 0.15) is 55.0 Å². The summed E-state index contributed by atoms with van der Waals surface area (Å²) in [5.41, 5.74) is 3.15. The number of carbonyl (C=O) groups is 2. The van der Waals surface area contributed by atoms with Crippen molar-refractivity contribution in [3.05, 3.63) is 38.6 Å². The number of hydrogen-bond donors (Lipinski definition) is 0. The number of thiazole rings is 1. The average Bonchev–Trinajstić information content (AvgIpc) is 3.29. The third-order valence-electron chi connectivity index (χ3n) is 4.71. The Kier molecular flexibility index (Phi) is 5.58. The largest absolute Gasteiger partial charge is 0.453 e. The minimum atomic E-state index is -0.491. The molecule has 0 N–H and O–H groups in total. The summed E-state index contributed by atoms with van der Waals surface area (Å²) in [6.07, 6.45) is 2.34. The van der Waals surface area contributed by atoms with Crippen molar-refractivity contribution < 1.29 is 19.1 Å². The molecule has 3 heterocycles. The van der Waals surface area contributed by atoms with Crippen molar-refractivity contribution >= 4 is 23.1 Å². The fourth-order valence-corrected chi connectivity index (χ4v) is 4.17. The number of ether oxygens (including phenoxy) is 2. The molecule has 7 heteroatoms. The van der Waals surface area contributed by atoms with Crippen LogP contribution in [0, 0.1) is 27.7 Å². The summed E-state index contributed by atoms with van der Waals surface area (Å²) < 4.78 is 13.0. The lowest BCUT2D eigenvalue weighted by molar-refractivity contribution is 0.0478. The first-order valence-electron chi connectivity index (χ1n) is 8.79. The van der Waals surface area contributed by atoms with Crippen LogP contribution in [0.5, 0.6) is 0 Å². The molecule has 140 valence electrons. The van der Waals surface area contributed by atoms with Gasteiger partial charge in [-0.15, -0.1) is 11.3 Å². The fraction of sp³-hybridized carbons (Fsp3) is 0.526. The standard InChI is InChI=1S/C19H24N2O4S/c1-11-8-16(13(3)21(11)9-15-6-5-7-24-15)17(22)10-25-19(23)18-12(2)20-14(4)26-18/h8,15H,5-7,9-10H2,1-4H3. The van der Waals surface area contributed by atoms with Gasteiger partial charge in [-0.3, -0.25) is 4.79 Å². The number of nitrogens with zero attached hydrogens (tertiary/aromatic N) is 2. The van der Waals surface area contributed by atoms with Gasteiger partial charge >= 0.3 is 5.97 Å². The lowest BCUT2D eigenvalue weighted by atomic mass is 10.1. The SMILES string of the molecule is Cc1nc(C)c(C(=O)OCC(=O)c2cc(C)n(CC3CCCO3)c2C)s1. The van der Waals surface area contributed by atoms with Gasteiger partial charge < -0.3 is 14.0 Å². The van der Waals surface area contributed by atoms with Crippen LogP contribution in [0.15, 0.2) is 6.07 Å². The van der Waals surface area contributed by atoms with Gasteiger partial charge in [-0.25, -0.2) is 9.78 Å². The first-order chi connectivity index (χ1) is 12.4. The molecule has 1 aliphatic rings. The van der Waals surface area contributed by atoms with E-state index in [1.807, 2.05) is 26.8 Å². The molecule has 0 aliphatic carbocycles. The zero-order chi connectivity index (χ0) is 18.8. The first-order valence-corrected chi connectivity index (χ1v) is 9.61. The zero-order valence-electron chi connectivity index (χ0n) is 15.6. The smallest absolute Gasteiger partial charge is 0.350 e. The maximum absolute atomic E-state index is 12.6. The molecule has 6 nitrogen and oxygen atoms in total. The molecular weight excluding hydrogens is 352 g/mol. The monoisotopic (exact) mass is 376 g/mol. The van der Waals surface area contributed by atoms with Crippen LogP contribution in [0.3, 0.4) is 0 Å². The minimum Gasteiger partial charge on any atom is -0.453 e. The third kappa shape index (κ3) is 3.88. The van der Waals surface area contributed by atoms with Crippen molar-refractivity contribution in [2.75, 3.05) is 13.2 Å². The molecule has 0 aromatic carbocycles. The van der Waals surface area contributed by atoms with Crippen molar-refractivity contribution in [1.29, 1.82) is 0 Å². The highest BCUT2D eigenvalue weighted by atomic mass is 32.1. The molecular formula is C19H24N2O4S. The van der Waals surface area contributed by atoms with Gasteiger partial charge in [0.25, 0.3) is 0 Å². The van der Waals surface area contributed by atoms with Gasteiger partial charge in [0, 0.05) is 30.1 Å². The summed E-state index contributed by atoms with van der Waals surface area (Å²) in [6, 6.07) is 1.86. The summed E-state index contributed by atoms with van der Waals surface area (Å²) in [5.74, 6) is -0.682. The van der Waals surface area contributed by atoms with E-state index in [1.54, 1.807) is 6.92 Å². The number of Topliss-reactive ketones (excluding diaryl/α,β-unsaturated/α-hetero) is 1. The van der Waals surface area contributed by atoms with Crippen molar-refractivity contribution in [3.63, 3.8) is 0 Å². The average molecular weight is 376 g/mol. The number of aryl methyl sites for hydroxylation is 3. The van der Waals surface area contributed by atoms with E-state index in [1.165, 1.54) is 11.3 Å². The van der Waals surface area contributed by atoms with Gasteiger partial charge in [-0.1, -0.05) is 0 Å².